The second-order valence-electron chi connectivity index (χ2n) is 5.06. The van der Waals surface area contributed by atoms with Crippen molar-refractivity contribution in [1.29, 1.82) is 0 Å². The van der Waals surface area contributed by atoms with Crippen LogP contribution in [0.4, 0.5) is 10.5 Å². The Balaban J connectivity index is 1.72. The van der Waals surface area contributed by atoms with Gasteiger partial charge in [-0.15, -0.1) is 11.3 Å². The fraction of sp³-hybridized carbons (Fsp3) is 0.133. The van der Waals surface area contributed by atoms with E-state index >= 15 is 0 Å². The molecule has 9 heteroatoms. The Morgan fingerprint density at radius 1 is 1.38 bits per heavy atom. The number of aromatic nitrogens is 2. The van der Waals surface area contributed by atoms with Crippen LogP contribution < -0.4 is 16.4 Å². The van der Waals surface area contributed by atoms with E-state index in [1.807, 2.05) is 17.5 Å². The second kappa shape index (κ2) is 6.90. The van der Waals surface area contributed by atoms with Gasteiger partial charge >= 0.3 is 6.03 Å². The molecular weight excluding hydrogens is 350 g/mol. The van der Waals surface area contributed by atoms with Gasteiger partial charge in [0.05, 0.1) is 24.3 Å². The first-order valence-electron chi connectivity index (χ1n) is 7.05. The average Bonchev–Trinajstić information content (AvgIpc) is 3.17. The Bertz CT molecular complexity index is 877. The van der Waals surface area contributed by atoms with Crippen molar-refractivity contribution in [2.75, 3.05) is 5.32 Å². The summed E-state index contributed by atoms with van der Waals surface area (Å²) in [6, 6.07) is 6.03. The molecule has 1 unspecified atom stereocenters. The first-order chi connectivity index (χ1) is 11.5. The third-order valence-corrected chi connectivity index (χ3v) is 4.60. The Hall–Kier alpha value is -2.58. The molecule has 0 spiro atoms. The van der Waals surface area contributed by atoms with Gasteiger partial charge in [0, 0.05) is 11.1 Å². The molecule has 0 aliphatic rings. The highest BCUT2D eigenvalue weighted by molar-refractivity contribution is 7.10. The van der Waals surface area contributed by atoms with E-state index in [4.69, 9.17) is 17.3 Å². The van der Waals surface area contributed by atoms with Gasteiger partial charge in [-0.25, -0.2) is 9.78 Å². The third kappa shape index (κ3) is 3.66. The standard InChI is InChI=1S/C15H14ClN5O2S/c16-12-7-18-13-4-3-9(8-21(12)13)19-14(22)6-10(20-15(17)23)11-2-1-5-24-11/h1-5,7-8,10H,6H2,(H,19,22)(H3,17,20,23). The predicted molar refractivity (Wildman–Crippen MR) is 93.2 cm³/mol. The summed E-state index contributed by atoms with van der Waals surface area (Å²) in [4.78, 5) is 28.4. The van der Waals surface area contributed by atoms with Crippen LogP contribution in [0, 0.1) is 0 Å². The van der Waals surface area contributed by atoms with Crippen LogP contribution in [-0.2, 0) is 4.79 Å². The van der Waals surface area contributed by atoms with Crippen molar-refractivity contribution in [3.63, 3.8) is 0 Å². The summed E-state index contributed by atoms with van der Waals surface area (Å²) >= 11 is 7.46. The molecule has 3 aromatic rings. The zero-order valence-corrected chi connectivity index (χ0v) is 14.0. The Kier molecular flexibility index (Phi) is 4.68. The summed E-state index contributed by atoms with van der Waals surface area (Å²) in [5, 5.41) is 7.69. The number of urea groups is 1. The molecule has 4 N–H and O–H groups in total. The van der Waals surface area contributed by atoms with E-state index in [9.17, 15) is 9.59 Å². The number of imidazole rings is 1. The minimum absolute atomic E-state index is 0.0686. The zero-order chi connectivity index (χ0) is 17.1. The lowest BCUT2D eigenvalue weighted by Gasteiger charge is -2.16. The molecule has 3 aromatic heterocycles. The Labute approximate surface area is 146 Å². The van der Waals surface area contributed by atoms with E-state index in [0.717, 1.165) is 4.88 Å². The molecule has 0 aromatic carbocycles. The number of halogens is 1. The average molecular weight is 364 g/mol. The highest BCUT2D eigenvalue weighted by atomic mass is 35.5. The molecule has 7 nitrogen and oxygen atoms in total. The SMILES string of the molecule is NC(=O)NC(CC(=O)Nc1ccc2ncc(Cl)n2c1)c1cccs1. The van der Waals surface area contributed by atoms with Crippen LogP contribution in [0.3, 0.4) is 0 Å². The molecule has 3 heterocycles. The normalized spacial score (nSPS) is 12.0. The van der Waals surface area contributed by atoms with Gasteiger partial charge < -0.3 is 16.4 Å². The molecule has 24 heavy (non-hydrogen) atoms. The van der Waals surface area contributed by atoms with E-state index in [-0.39, 0.29) is 12.3 Å². The molecule has 0 radical (unpaired) electrons. The smallest absolute Gasteiger partial charge is 0.312 e. The molecule has 1 atom stereocenters. The van der Waals surface area contributed by atoms with Gasteiger partial charge in [0.2, 0.25) is 5.91 Å². The molecule has 3 rings (SSSR count). The molecule has 124 valence electrons. The van der Waals surface area contributed by atoms with Crippen LogP contribution in [0.15, 0.2) is 42.0 Å². The van der Waals surface area contributed by atoms with E-state index in [1.165, 1.54) is 17.5 Å². The molecule has 0 aliphatic carbocycles. The molecule has 0 fully saturated rings. The van der Waals surface area contributed by atoms with Crippen LogP contribution in [0.25, 0.3) is 5.65 Å². The fourth-order valence-corrected chi connectivity index (χ4v) is 3.27. The number of carbonyl (C=O) groups is 2. The Morgan fingerprint density at radius 2 is 2.21 bits per heavy atom. The molecular formula is C15H14ClN5O2S. The van der Waals surface area contributed by atoms with Gasteiger partial charge in [-0.2, -0.15) is 0 Å². The van der Waals surface area contributed by atoms with Crippen molar-refractivity contribution in [1.82, 2.24) is 14.7 Å². The first-order valence-corrected chi connectivity index (χ1v) is 8.30. The van der Waals surface area contributed by atoms with Crippen LogP contribution >= 0.6 is 22.9 Å². The number of nitrogens with one attached hydrogen (secondary N) is 2. The van der Waals surface area contributed by atoms with Crippen molar-refractivity contribution in [2.45, 2.75) is 12.5 Å². The third-order valence-electron chi connectivity index (χ3n) is 3.34. The van der Waals surface area contributed by atoms with E-state index in [0.29, 0.717) is 16.5 Å². The van der Waals surface area contributed by atoms with Crippen molar-refractivity contribution >= 4 is 46.2 Å². The van der Waals surface area contributed by atoms with Crippen molar-refractivity contribution in [2.24, 2.45) is 5.73 Å². The fourth-order valence-electron chi connectivity index (χ4n) is 2.31. The monoisotopic (exact) mass is 363 g/mol. The van der Waals surface area contributed by atoms with Gasteiger partial charge in [0.15, 0.2) is 0 Å². The number of anilines is 1. The summed E-state index contributed by atoms with van der Waals surface area (Å²) in [6.07, 6.45) is 3.29. The number of rotatable bonds is 5. The van der Waals surface area contributed by atoms with Gasteiger partial charge in [0.25, 0.3) is 0 Å². The number of nitrogens with two attached hydrogens (primary N) is 1. The van der Waals surface area contributed by atoms with Gasteiger partial charge in [-0.1, -0.05) is 17.7 Å². The number of nitrogens with zero attached hydrogens (tertiary/aromatic N) is 2. The number of primary amides is 1. The second-order valence-corrected chi connectivity index (χ2v) is 6.42. The maximum atomic E-state index is 12.3. The maximum absolute atomic E-state index is 12.3. The minimum atomic E-state index is -0.673. The number of fused-ring (bicyclic) bond motifs is 1. The minimum Gasteiger partial charge on any atom is -0.352 e. The number of pyridine rings is 1. The van der Waals surface area contributed by atoms with E-state index < -0.39 is 12.1 Å². The van der Waals surface area contributed by atoms with Crippen molar-refractivity contribution in [3.05, 3.63) is 52.1 Å². The largest absolute Gasteiger partial charge is 0.352 e. The quantitative estimate of drug-likeness (QED) is 0.649. The molecule has 0 bridgehead atoms. The summed E-state index contributed by atoms with van der Waals surface area (Å²) in [7, 11) is 0. The number of amides is 3. The van der Waals surface area contributed by atoms with Crippen molar-refractivity contribution < 1.29 is 9.59 Å². The first kappa shape index (κ1) is 16.3. The number of hydrogen-bond donors (Lipinski definition) is 3. The number of carbonyl (C=O) groups excluding carboxylic acids is 2. The number of thiophene rings is 1. The summed E-state index contributed by atoms with van der Waals surface area (Å²) in [5.74, 6) is -0.252. The molecule has 0 aliphatic heterocycles. The van der Waals surface area contributed by atoms with E-state index in [2.05, 4.69) is 15.6 Å². The highest BCUT2D eigenvalue weighted by Crippen LogP contribution is 2.23. The summed E-state index contributed by atoms with van der Waals surface area (Å²) < 4.78 is 1.66. The number of hydrogen-bond acceptors (Lipinski definition) is 4. The van der Waals surface area contributed by atoms with Crippen LogP contribution in [0.5, 0.6) is 0 Å². The lowest BCUT2D eigenvalue weighted by atomic mass is 10.1. The Morgan fingerprint density at radius 3 is 2.92 bits per heavy atom. The summed E-state index contributed by atoms with van der Waals surface area (Å²) in [6.45, 7) is 0. The molecule has 3 amide bonds. The molecule has 0 saturated carbocycles. The lowest BCUT2D eigenvalue weighted by Crippen LogP contribution is -2.34. The highest BCUT2D eigenvalue weighted by Gasteiger charge is 2.18. The summed E-state index contributed by atoms with van der Waals surface area (Å²) in [5.41, 5.74) is 6.46. The maximum Gasteiger partial charge on any atom is 0.312 e. The van der Waals surface area contributed by atoms with Gasteiger partial charge in [-0.05, 0) is 23.6 Å². The predicted octanol–water partition coefficient (Wildman–Crippen LogP) is 2.79. The topological polar surface area (TPSA) is 102 Å². The van der Waals surface area contributed by atoms with Crippen LogP contribution in [-0.4, -0.2) is 21.3 Å². The van der Waals surface area contributed by atoms with Gasteiger partial charge in [0.1, 0.15) is 10.8 Å². The van der Waals surface area contributed by atoms with Crippen molar-refractivity contribution in [3.8, 4) is 0 Å². The van der Waals surface area contributed by atoms with E-state index in [1.54, 1.807) is 22.7 Å². The van der Waals surface area contributed by atoms with Crippen LogP contribution in [0.1, 0.15) is 17.3 Å². The van der Waals surface area contributed by atoms with Gasteiger partial charge in [-0.3, -0.25) is 9.20 Å². The molecule has 0 saturated heterocycles. The zero-order valence-electron chi connectivity index (χ0n) is 12.4. The lowest BCUT2D eigenvalue weighted by molar-refractivity contribution is -0.116. The van der Waals surface area contributed by atoms with Crippen LogP contribution in [0.2, 0.25) is 5.15 Å².